The Bertz CT molecular complexity index is 926. The normalized spacial score (nSPS) is 52.8. The zero-order valence-corrected chi connectivity index (χ0v) is 8.54. The lowest BCUT2D eigenvalue weighted by Gasteiger charge is -2.36. The van der Waals surface area contributed by atoms with Gasteiger partial charge in [0.15, 0.2) is 5.78 Å². The molecule has 0 saturated heterocycles. The fourth-order valence-corrected chi connectivity index (χ4v) is 1.48. The maximum atomic E-state index is 13.3. The van der Waals surface area contributed by atoms with Gasteiger partial charge in [0.1, 0.15) is 5.54 Å². The molecule has 1 unspecified atom stereocenters. The van der Waals surface area contributed by atoms with E-state index in [0.717, 1.165) is 0 Å². The molecule has 1 aliphatic rings. The highest BCUT2D eigenvalue weighted by atomic mass is 35.5. The summed E-state index contributed by atoms with van der Waals surface area (Å²) in [5.41, 5.74) is -4.90. The van der Waals surface area contributed by atoms with Gasteiger partial charge in [0.2, 0.25) is 0 Å². The molecule has 1 aliphatic carbocycles. The number of halogens is 1. The van der Waals surface area contributed by atoms with E-state index in [0.29, 0.717) is 0 Å². The first-order chi connectivity index (χ1) is 13.5. The van der Waals surface area contributed by atoms with Crippen molar-refractivity contribution in [2.24, 2.45) is 0 Å². The van der Waals surface area contributed by atoms with Crippen LogP contribution in [-0.2, 0) is 10.3 Å². The third-order valence-electron chi connectivity index (χ3n) is 2.03. The molecular formula is C13H16ClNO. The molecule has 86 valence electrons. The van der Waals surface area contributed by atoms with E-state index in [1.807, 2.05) is 0 Å². The quantitative estimate of drug-likeness (QED) is 0.877. The number of benzene rings is 1. The number of ketones is 1. The van der Waals surface area contributed by atoms with Crippen molar-refractivity contribution in [2.75, 3.05) is 6.98 Å². The number of likely N-dealkylation sites (N-methyl/N-ethyl adjacent to an activating group) is 1. The molecule has 1 N–H and O–H groups in total. The van der Waals surface area contributed by atoms with Gasteiger partial charge >= 0.3 is 0 Å². The van der Waals surface area contributed by atoms with Crippen molar-refractivity contribution in [2.45, 2.75) is 31.0 Å². The molecule has 1 atom stereocenters. The van der Waals surface area contributed by atoms with Crippen LogP contribution in [0, 0.1) is 0 Å². The minimum atomic E-state index is -3.91. The molecule has 1 aromatic rings. The molecule has 0 amide bonds. The summed E-state index contributed by atoms with van der Waals surface area (Å²) in [6.07, 6.45) is -15.5. The van der Waals surface area contributed by atoms with Crippen molar-refractivity contribution in [3.8, 4) is 0 Å². The Morgan fingerprint density at radius 1 is 1.56 bits per heavy atom. The van der Waals surface area contributed by atoms with Gasteiger partial charge in [-0.1, -0.05) is 36.1 Å². The van der Waals surface area contributed by atoms with E-state index < -0.39 is 78.5 Å². The summed E-state index contributed by atoms with van der Waals surface area (Å²) in [7, 11) is 0. The lowest BCUT2D eigenvalue weighted by molar-refractivity contribution is -0.127. The molecule has 2 nitrogen and oxygen atoms in total. The summed E-state index contributed by atoms with van der Waals surface area (Å²) in [4.78, 5) is 13.3. The molecule has 0 aliphatic heterocycles. The molecule has 16 heavy (non-hydrogen) atoms. The Kier molecular flexibility index (Phi) is 0.890. The minimum absolute atomic E-state index is 0.923. The molecule has 1 fully saturated rings. The van der Waals surface area contributed by atoms with Crippen LogP contribution in [0.25, 0.3) is 0 Å². The van der Waals surface area contributed by atoms with Crippen molar-refractivity contribution in [3.63, 3.8) is 0 Å². The number of carbonyl (C=O) groups excluding carboxylic acids is 1. The summed E-state index contributed by atoms with van der Waals surface area (Å²) in [6, 6.07) is -4.22. The average molecular weight is 253 g/mol. The van der Waals surface area contributed by atoms with Gasteiger partial charge in [0.05, 0.1) is 5.48 Å². The summed E-state index contributed by atoms with van der Waals surface area (Å²) >= 11 is 5.99. The highest BCUT2D eigenvalue weighted by Crippen LogP contribution is 2.37. The molecule has 0 bridgehead atoms. The van der Waals surface area contributed by atoms with E-state index in [1.54, 1.807) is 0 Å². The van der Waals surface area contributed by atoms with E-state index in [-0.39, 0.29) is 0 Å². The molecule has 0 heterocycles. The monoisotopic (exact) mass is 252 g/mol. The first-order valence-corrected chi connectivity index (χ1v) is 4.52. The van der Waals surface area contributed by atoms with Crippen LogP contribution in [0.1, 0.15) is 51.6 Å². The predicted octanol–water partition coefficient (Wildman–Crippen LogP) is 2.90. The first kappa shape index (κ1) is 3.12. The number of Topliss-reactive ketones (excluding diaryl/α,β-unsaturated/α-hetero) is 1. The fourth-order valence-electron chi connectivity index (χ4n) is 1.25. The third kappa shape index (κ3) is 1.76. The molecule has 3 heteroatoms. The zero-order chi connectivity index (χ0) is 24.7. The SMILES string of the molecule is [2H]c1c([2H])c([2H])c(C2(NC([2H])([2H])[2H])C(=O)C([2H])([2H])C([2H])([2H])C([2H])([2H])C2([2H])[2H])c(Cl)c1[2H]. The summed E-state index contributed by atoms with van der Waals surface area (Å²) in [5.74, 6) is -2.13. The number of hydrogen-bond acceptors (Lipinski definition) is 2. The smallest absolute Gasteiger partial charge is 0.157 e. The second kappa shape index (κ2) is 4.56. The Morgan fingerprint density at radius 2 is 2.38 bits per heavy atom. The van der Waals surface area contributed by atoms with E-state index in [9.17, 15) is 4.79 Å². The standard InChI is InChI=1S/C13H16ClNO/c1-15-13(9-5-4-8-12(13)16)10-6-2-3-7-11(10)14/h2-3,6-7,15H,4-5,8-9H2,1H3/i1D3,2D,3D,4D2,5D2,6D,7D,8D2,9D2. The molecule has 0 aromatic heterocycles. The number of carbonyl (C=O) groups is 1. The first-order valence-electron chi connectivity index (χ1n) is 11.6. The minimum Gasteiger partial charge on any atom is -0.304 e. The van der Waals surface area contributed by atoms with Gasteiger partial charge in [-0.15, -0.1) is 0 Å². The summed E-state index contributed by atoms with van der Waals surface area (Å²) < 4.78 is 118. The van der Waals surface area contributed by atoms with Crippen LogP contribution < -0.4 is 5.32 Å². The van der Waals surface area contributed by atoms with Crippen molar-refractivity contribution >= 4 is 17.4 Å². The average Bonchev–Trinajstić information content (AvgIpc) is 2.60. The summed E-state index contributed by atoms with van der Waals surface area (Å²) in [6.45, 7) is -3.49. The Morgan fingerprint density at radius 3 is 3.19 bits per heavy atom. The van der Waals surface area contributed by atoms with Crippen LogP contribution in [0.15, 0.2) is 24.2 Å². The van der Waals surface area contributed by atoms with Gasteiger partial charge in [0, 0.05) is 26.5 Å². The van der Waals surface area contributed by atoms with Crippen LogP contribution in [0.5, 0.6) is 0 Å². The topological polar surface area (TPSA) is 29.1 Å². The predicted molar refractivity (Wildman–Crippen MR) is 65.7 cm³/mol. The Balaban J connectivity index is 3.23. The maximum Gasteiger partial charge on any atom is 0.157 e. The Labute approximate surface area is 122 Å². The summed E-state index contributed by atoms with van der Waals surface area (Å²) in [5, 5.41) is 0.482. The van der Waals surface area contributed by atoms with Crippen LogP contribution >= 0.6 is 11.6 Å². The van der Waals surface area contributed by atoms with Gasteiger partial charge in [-0.2, -0.15) is 0 Å². The van der Waals surface area contributed by atoms with Crippen molar-refractivity contribution in [3.05, 3.63) is 34.8 Å². The van der Waals surface area contributed by atoms with Gasteiger partial charge in [-0.3, -0.25) is 4.79 Å². The lowest BCUT2D eigenvalue weighted by atomic mass is 9.75. The molecule has 1 aromatic carbocycles. The highest BCUT2D eigenvalue weighted by molar-refractivity contribution is 6.31. The van der Waals surface area contributed by atoms with Gasteiger partial charge in [0.25, 0.3) is 0 Å². The Hall–Kier alpha value is -0.860. The third-order valence-corrected chi connectivity index (χ3v) is 2.32. The molecule has 0 radical (unpaired) electrons. The second-order valence-corrected chi connectivity index (χ2v) is 3.27. The van der Waals surface area contributed by atoms with E-state index >= 15 is 0 Å². The van der Waals surface area contributed by atoms with Crippen LogP contribution in [0.3, 0.4) is 0 Å². The van der Waals surface area contributed by atoms with E-state index in [1.165, 1.54) is 5.32 Å². The largest absolute Gasteiger partial charge is 0.304 e. The van der Waals surface area contributed by atoms with Crippen molar-refractivity contribution in [1.82, 2.24) is 5.32 Å². The van der Waals surface area contributed by atoms with Crippen LogP contribution in [-0.4, -0.2) is 12.8 Å². The molecule has 1 saturated carbocycles. The number of hydrogen-bond donors (Lipinski definition) is 1. The zero-order valence-electron chi connectivity index (χ0n) is 22.8. The second-order valence-electron chi connectivity index (χ2n) is 2.89. The highest BCUT2D eigenvalue weighted by Gasteiger charge is 2.40. The molecular weight excluding hydrogens is 222 g/mol. The molecule has 0 spiro atoms. The number of nitrogens with one attached hydrogen (secondary N) is 1. The van der Waals surface area contributed by atoms with Gasteiger partial charge < -0.3 is 5.32 Å². The number of rotatable bonds is 2. The van der Waals surface area contributed by atoms with Crippen molar-refractivity contribution < 1.29 is 25.4 Å². The van der Waals surface area contributed by atoms with Gasteiger partial charge in [-0.25, -0.2) is 0 Å². The van der Waals surface area contributed by atoms with Crippen LogP contribution in [0.2, 0.25) is 5.02 Å². The van der Waals surface area contributed by atoms with Crippen LogP contribution in [0.4, 0.5) is 0 Å². The lowest BCUT2D eigenvalue weighted by Crippen LogP contribution is -2.49. The maximum absolute atomic E-state index is 13.3. The van der Waals surface area contributed by atoms with Gasteiger partial charge in [-0.05, 0) is 31.3 Å². The van der Waals surface area contributed by atoms with E-state index in [2.05, 4.69) is 0 Å². The van der Waals surface area contributed by atoms with Crippen molar-refractivity contribution in [1.29, 1.82) is 0 Å². The molecule has 2 rings (SSSR count). The fraction of sp³-hybridized carbons (Fsp3) is 0.462. The van der Waals surface area contributed by atoms with E-state index in [4.69, 9.17) is 32.2 Å².